The Bertz CT molecular complexity index is 221. The van der Waals surface area contributed by atoms with Crippen LogP contribution in [0.3, 0.4) is 0 Å². The van der Waals surface area contributed by atoms with Crippen molar-refractivity contribution in [2.75, 3.05) is 33.3 Å². The number of nitrogens with one attached hydrogen (secondary N) is 1. The molecule has 0 spiro atoms. The summed E-state index contributed by atoms with van der Waals surface area (Å²) in [5.74, 6) is 1.12. The van der Waals surface area contributed by atoms with Crippen molar-refractivity contribution in [1.29, 1.82) is 0 Å². The summed E-state index contributed by atoms with van der Waals surface area (Å²) >= 11 is 0. The van der Waals surface area contributed by atoms with E-state index >= 15 is 0 Å². The summed E-state index contributed by atoms with van der Waals surface area (Å²) in [6, 6.07) is 0. The van der Waals surface area contributed by atoms with Gasteiger partial charge < -0.3 is 15.3 Å². The number of amides is 1. The highest BCUT2D eigenvalue weighted by molar-refractivity contribution is 5.77. The fraction of sp³-hybridized carbons (Fsp3) is 0.917. The van der Waals surface area contributed by atoms with Crippen LogP contribution in [0.25, 0.3) is 0 Å². The molecule has 4 heteroatoms. The molecule has 2 N–H and O–H groups in total. The molecule has 0 aromatic heterocycles. The molecule has 0 bridgehead atoms. The molecule has 0 radical (unpaired) electrons. The number of hydrogen-bond donors (Lipinski definition) is 2. The SMILES string of the molecule is CCN(C)C(=O)CNCC1CCCC1CO. The van der Waals surface area contributed by atoms with Gasteiger partial charge in [0.25, 0.3) is 0 Å². The maximum Gasteiger partial charge on any atom is 0.236 e. The number of likely N-dealkylation sites (N-methyl/N-ethyl adjacent to an activating group) is 1. The Morgan fingerprint density at radius 2 is 2.12 bits per heavy atom. The highest BCUT2D eigenvalue weighted by atomic mass is 16.3. The van der Waals surface area contributed by atoms with Gasteiger partial charge in [0.15, 0.2) is 0 Å². The second-order valence-corrected chi connectivity index (χ2v) is 4.67. The van der Waals surface area contributed by atoms with Crippen molar-refractivity contribution >= 4 is 5.91 Å². The molecule has 0 aromatic rings. The standard InChI is InChI=1S/C12H24N2O2/c1-3-14(2)12(16)8-13-7-10-5-4-6-11(10)9-15/h10-11,13,15H,3-9H2,1-2H3. The van der Waals surface area contributed by atoms with Gasteiger partial charge in [0.1, 0.15) is 0 Å². The molecule has 1 aliphatic rings. The van der Waals surface area contributed by atoms with E-state index in [1.165, 1.54) is 12.8 Å². The summed E-state index contributed by atoms with van der Waals surface area (Å²) < 4.78 is 0. The Hall–Kier alpha value is -0.610. The first-order valence-electron chi connectivity index (χ1n) is 6.24. The number of carbonyl (C=O) groups is 1. The van der Waals surface area contributed by atoms with Gasteiger partial charge in [-0.05, 0) is 38.1 Å². The van der Waals surface area contributed by atoms with Crippen molar-refractivity contribution in [3.05, 3.63) is 0 Å². The van der Waals surface area contributed by atoms with Crippen molar-refractivity contribution in [2.24, 2.45) is 11.8 Å². The second-order valence-electron chi connectivity index (χ2n) is 4.67. The van der Waals surface area contributed by atoms with Crippen LogP contribution in [-0.4, -0.2) is 49.2 Å². The summed E-state index contributed by atoms with van der Waals surface area (Å²) in [6.45, 7) is 4.28. The summed E-state index contributed by atoms with van der Waals surface area (Å²) in [4.78, 5) is 13.2. The minimum absolute atomic E-state index is 0.140. The summed E-state index contributed by atoms with van der Waals surface area (Å²) in [6.07, 6.45) is 3.52. The number of carbonyl (C=O) groups excluding carboxylic acids is 1. The third-order valence-electron chi connectivity index (χ3n) is 3.63. The molecular formula is C12H24N2O2. The second kappa shape index (κ2) is 6.86. The van der Waals surface area contributed by atoms with Gasteiger partial charge in [-0.1, -0.05) is 6.42 Å². The monoisotopic (exact) mass is 228 g/mol. The molecule has 0 heterocycles. The Kier molecular flexibility index (Phi) is 5.77. The molecule has 0 aliphatic heterocycles. The third-order valence-corrected chi connectivity index (χ3v) is 3.63. The molecule has 1 saturated carbocycles. The average Bonchev–Trinajstić information content (AvgIpc) is 2.75. The fourth-order valence-corrected chi connectivity index (χ4v) is 2.30. The fourth-order valence-electron chi connectivity index (χ4n) is 2.30. The lowest BCUT2D eigenvalue weighted by Crippen LogP contribution is -2.37. The van der Waals surface area contributed by atoms with Crippen LogP contribution in [0.1, 0.15) is 26.2 Å². The largest absolute Gasteiger partial charge is 0.396 e. The maximum absolute atomic E-state index is 11.5. The minimum atomic E-state index is 0.140. The van der Waals surface area contributed by atoms with Gasteiger partial charge in [0.05, 0.1) is 6.54 Å². The zero-order valence-corrected chi connectivity index (χ0v) is 10.4. The predicted octanol–water partition coefficient (Wildman–Crippen LogP) is 0.463. The molecule has 2 unspecified atom stereocenters. The Morgan fingerprint density at radius 1 is 1.44 bits per heavy atom. The molecule has 2 atom stereocenters. The molecular weight excluding hydrogens is 204 g/mol. The average molecular weight is 228 g/mol. The zero-order chi connectivity index (χ0) is 12.0. The Morgan fingerprint density at radius 3 is 2.75 bits per heavy atom. The van der Waals surface area contributed by atoms with Crippen LogP contribution in [0, 0.1) is 11.8 Å². The first-order valence-corrected chi connectivity index (χ1v) is 6.24. The topological polar surface area (TPSA) is 52.6 Å². The predicted molar refractivity (Wildman–Crippen MR) is 64.1 cm³/mol. The molecule has 1 fully saturated rings. The Labute approximate surface area is 98.0 Å². The van der Waals surface area contributed by atoms with E-state index in [1.807, 2.05) is 14.0 Å². The molecule has 0 aromatic carbocycles. The van der Waals surface area contributed by atoms with E-state index < -0.39 is 0 Å². The summed E-state index contributed by atoms with van der Waals surface area (Å²) in [7, 11) is 1.82. The van der Waals surface area contributed by atoms with Crippen molar-refractivity contribution < 1.29 is 9.90 Å². The van der Waals surface area contributed by atoms with Gasteiger partial charge in [-0.15, -0.1) is 0 Å². The number of nitrogens with zero attached hydrogens (tertiary/aromatic N) is 1. The van der Waals surface area contributed by atoms with Gasteiger partial charge in [-0.2, -0.15) is 0 Å². The van der Waals surface area contributed by atoms with Gasteiger partial charge in [0.2, 0.25) is 5.91 Å². The van der Waals surface area contributed by atoms with Crippen LogP contribution in [0.2, 0.25) is 0 Å². The van der Waals surface area contributed by atoms with Crippen molar-refractivity contribution in [3.8, 4) is 0 Å². The highest BCUT2D eigenvalue weighted by Gasteiger charge is 2.26. The van der Waals surface area contributed by atoms with E-state index in [-0.39, 0.29) is 12.5 Å². The van der Waals surface area contributed by atoms with Crippen molar-refractivity contribution in [2.45, 2.75) is 26.2 Å². The van der Waals surface area contributed by atoms with Crippen LogP contribution >= 0.6 is 0 Å². The van der Waals surface area contributed by atoms with Crippen LogP contribution < -0.4 is 5.32 Å². The number of rotatable bonds is 6. The lowest BCUT2D eigenvalue weighted by molar-refractivity contribution is -0.128. The summed E-state index contributed by atoms with van der Waals surface area (Å²) in [5.41, 5.74) is 0. The first kappa shape index (κ1) is 13.5. The molecule has 1 amide bonds. The molecule has 94 valence electrons. The molecule has 4 nitrogen and oxygen atoms in total. The highest BCUT2D eigenvalue weighted by Crippen LogP contribution is 2.30. The van der Waals surface area contributed by atoms with E-state index in [4.69, 9.17) is 5.11 Å². The molecule has 1 aliphatic carbocycles. The lowest BCUT2D eigenvalue weighted by atomic mass is 9.97. The van der Waals surface area contributed by atoms with Gasteiger partial charge >= 0.3 is 0 Å². The Balaban J connectivity index is 2.17. The molecule has 0 saturated heterocycles. The lowest BCUT2D eigenvalue weighted by Gasteiger charge is -2.19. The first-order chi connectivity index (χ1) is 7.69. The maximum atomic E-state index is 11.5. The van der Waals surface area contributed by atoms with E-state index in [1.54, 1.807) is 4.90 Å². The molecule has 1 rings (SSSR count). The number of aliphatic hydroxyl groups is 1. The van der Waals surface area contributed by atoms with Crippen LogP contribution in [-0.2, 0) is 4.79 Å². The quantitative estimate of drug-likeness (QED) is 0.694. The van der Waals surface area contributed by atoms with Gasteiger partial charge in [-0.3, -0.25) is 4.79 Å². The van der Waals surface area contributed by atoms with Crippen molar-refractivity contribution in [1.82, 2.24) is 10.2 Å². The normalized spacial score (nSPS) is 24.7. The number of hydrogen-bond acceptors (Lipinski definition) is 3. The van der Waals surface area contributed by atoms with Gasteiger partial charge in [-0.25, -0.2) is 0 Å². The zero-order valence-electron chi connectivity index (χ0n) is 10.4. The minimum Gasteiger partial charge on any atom is -0.396 e. The van der Waals surface area contributed by atoms with Gasteiger partial charge in [0, 0.05) is 20.2 Å². The van der Waals surface area contributed by atoms with Crippen LogP contribution in [0.4, 0.5) is 0 Å². The van der Waals surface area contributed by atoms with E-state index in [2.05, 4.69) is 5.32 Å². The van der Waals surface area contributed by atoms with Crippen LogP contribution in [0.5, 0.6) is 0 Å². The number of aliphatic hydroxyl groups excluding tert-OH is 1. The smallest absolute Gasteiger partial charge is 0.236 e. The molecule has 16 heavy (non-hydrogen) atoms. The van der Waals surface area contributed by atoms with Crippen molar-refractivity contribution in [3.63, 3.8) is 0 Å². The summed E-state index contributed by atoms with van der Waals surface area (Å²) in [5, 5.41) is 12.4. The van der Waals surface area contributed by atoms with Crippen LogP contribution in [0.15, 0.2) is 0 Å². The third kappa shape index (κ3) is 3.76. The van der Waals surface area contributed by atoms with E-state index in [0.717, 1.165) is 19.5 Å². The van der Waals surface area contributed by atoms with E-state index in [0.29, 0.717) is 18.4 Å². The van der Waals surface area contributed by atoms with E-state index in [9.17, 15) is 4.79 Å².